The van der Waals surface area contributed by atoms with E-state index in [2.05, 4.69) is 5.16 Å². The highest BCUT2D eigenvalue weighted by Gasteiger charge is 2.31. The molecule has 1 aromatic carbocycles. The minimum absolute atomic E-state index is 0.0811. The summed E-state index contributed by atoms with van der Waals surface area (Å²) < 4.78 is 49.8. The fourth-order valence-electron chi connectivity index (χ4n) is 1.77. The number of aromatic nitrogens is 1. The van der Waals surface area contributed by atoms with Crippen molar-refractivity contribution in [3.8, 4) is 0 Å². The SMILES string of the molecule is COCN(c1noc(C)c1C)S(=O)(=O)c1ccccc1F. The summed E-state index contributed by atoms with van der Waals surface area (Å²) >= 11 is 0. The lowest BCUT2D eigenvalue weighted by Crippen LogP contribution is -2.34. The summed E-state index contributed by atoms with van der Waals surface area (Å²) in [6, 6.07) is 5.14. The molecule has 0 unspecified atom stereocenters. The molecule has 21 heavy (non-hydrogen) atoms. The van der Waals surface area contributed by atoms with Gasteiger partial charge in [0.1, 0.15) is 23.2 Å². The van der Waals surface area contributed by atoms with E-state index in [1.54, 1.807) is 13.8 Å². The first-order valence-corrected chi connectivity index (χ1v) is 7.52. The molecule has 2 aromatic rings. The Hall–Kier alpha value is -1.93. The van der Waals surface area contributed by atoms with Crippen molar-refractivity contribution in [2.75, 3.05) is 18.1 Å². The van der Waals surface area contributed by atoms with Crippen molar-refractivity contribution in [2.45, 2.75) is 18.7 Å². The van der Waals surface area contributed by atoms with Crippen molar-refractivity contribution in [3.63, 3.8) is 0 Å². The Morgan fingerprint density at radius 3 is 2.52 bits per heavy atom. The predicted octanol–water partition coefficient (Wildman–Crippen LogP) is 2.23. The number of sulfonamides is 1. The number of ether oxygens (including phenoxy) is 1. The first-order valence-electron chi connectivity index (χ1n) is 6.08. The highest BCUT2D eigenvalue weighted by atomic mass is 32.2. The van der Waals surface area contributed by atoms with Crippen molar-refractivity contribution in [1.29, 1.82) is 0 Å². The lowest BCUT2D eigenvalue weighted by atomic mass is 10.3. The monoisotopic (exact) mass is 314 g/mol. The van der Waals surface area contributed by atoms with E-state index in [4.69, 9.17) is 9.26 Å². The maximum atomic E-state index is 13.8. The van der Waals surface area contributed by atoms with Crippen LogP contribution in [-0.4, -0.2) is 27.4 Å². The van der Waals surface area contributed by atoms with E-state index >= 15 is 0 Å². The normalized spacial score (nSPS) is 11.6. The molecular formula is C13H15FN2O4S. The van der Waals surface area contributed by atoms with Gasteiger partial charge in [0, 0.05) is 12.7 Å². The first kappa shape index (κ1) is 15.5. The minimum Gasteiger partial charge on any atom is -0.363 e. The maximum Gasteiger partial charge on any atom is 0.270 e. The molecular weight excluding hydrogens is 299 g/mol. The summed E-state index contributed by atoms with van der Waals surface area (Å²) in [5.74, 6) is -0.274. The van der Waals surface area contributed by atoms with E-state index in [9.17, 15) is 12.8 Å². The van der Waals surface area contributed by atoms with Crippen LogP contribution in [0.15, 0.2) is 33.7 Å². The van der Waals surface area contributed by atoms with Crippen LogP contribution in [0.3, 0.4) is 0 Å². The van der Waals surface area contributed by atoms with Gasteiger partial charge in [0.05, 0.1) is 0 Å². The third-order valence-electron chi connectivity index (χ3n) is 3.02. The van der Waals surface area contributed by atoms with Crippen LogP contribution < -0.4 is 4.31 Å². The van der Waals surface area contributed by atoms with Gasteiger partial charge in [-0.05, 0) is 26.0 Å². The van der Waals surface area contributed by atoms with Gasteiger partial charge in [-0.15, -0.1) is 0 Å². The molecule has 0 N–H and O–H groups in total. The van der Waals surface area contributed by atoms with E-state index < -0.39 is 20.7 Å². The molecule has 0 aliphatic heterocycles. The highest BCUT2D eigenvalue weighted by molar-refractivity contribution is 7.92. The summed E-state index contributed by atoms with van der Waals surface area (Å²) in [4.78, 5) is -0.442. The van der Waals surface area contributed by atoms with Crippen molar-refractivity contribution in [2.24, 2.45) is 0 Å². The van der Waals surface area contributed by atoms with Crippen molar-refractivity contribution in [1.82, 2.24) is 5.16 Å². The van der Waals surface area contributed by atoms with Gasteiger partial charge in [-0.25, -0.2) is 17.1 Å². The number of methoxy groups -OCH3 is 1. The van der Waals surface area contributed by atoms with E-state index in [0.29, 0.717) is 11.3 Å². The van der Waals surface area contributed by atoms with Gasteiger partial charge in [-0.2, -0.15) is 0 Å². The summed E-state index contributed by atoms with van der Waals surface area (Å²) in [5.41, 5.74) is 0.548. The summed E-state index contributed by atoms with van der Waals surface area (Å²) in [6.07, 6.45) is 0. The Labute approximate surface area is 122 Å². The minimum atomic E-state index is -4.15. The van der Waals surface area contributed by atoms with Gasteiger partial charge >= 0.3 is 0 Å². The van der Waals surface area contributed by atoms with Crippen LogP contribution in [0.4, 0.5) is 10.2 Å². The molecule has 0 saturated carbocycles. The molecule has 6 nitrogen and oxygen atoms in total. The van der Waals surface area contributed by atoms with Crippen LogP contribution in [-0.2, 0) is 14.8 Å². The van der Waals surface area contributed by atoms with Gasteiger partial charge in [0.25, 0.3) is 10.0 Å². The molecule has 1 aromatic heterocycles. The third kappa shape index (κ3) is 2.77. The topological polar surface area (TPSA) is 72.6 Å². The zero-order valence-electron chi connectivity index (χ0n) is 11.8. The second kappa shape index (κ2) is 5.82. The van der Waals surface area contributed by atoms with E-state index in [1.165, 1.54) is 25.3 Å². The number of anilines is 1. The fraction of sp³-hybridized carbons (Fsp3) is 0.308. The van der Waals surface area contributed by atoms with E-state index in [-0.39, 0.29) is 12.5 Å². The van der Waals surface area contributed by atoms with Crippen LogP contribution in [0, 0.1) is 19.7 Å². The zero-order valence-corrected chi connectivity index (χ0v) is 12.6. The maximum absolute atomic E-state index is 13.8. The molecule has 0 bridgehead atoms. The first-order chi connectivity index (χ1) is 9.89. The standard InChI is InChI=1S/C13H15FN2O4S/c1-9-10(2)20-15-13(9)16(8-19-3)21(17,18)12-7-5-4-6-11(12)14/h4-7H,8H2,1-3H3. The number of rotatable bonds is 5. The Morgan fingerprint density at radius 2 is 2.00 bits per heavy atom. The average molecular weight is 314 g/mol. The highest BCUT2D eigenvalue weighted by Crippen LogP contribution is 2.28. The average Bonchev–Trinajstić information content (AvgIpc) is 2.76. The number of nitrogens with zero attached hydrogens (tertiary/aromatic N) is 2. The quantitative estimate of drug-likeness (QED) is 0.791. The molecule has 0 amide bonds. The second-order valence-electron chi connectivity index (χ2n) is 4.39. The lowest BCUT2D eigenvalue weighted by molar-refractivity contribution is 0.208. The smallest absolute Gasteiger partial charge is 0.270 e. The number of halogens is 1. The van der Waals surface area contributed by atoms with Gasteiger partial charge in [0.15, 0.2) is 5.82 Å². The van der Waals surface area contributed by atoms with Crippen LogP contribution in [0.1, 0.15) is 11.3 Å². The molecule has 0 spiro atoms. The van der Waals surface area contributed by atoms with Gasteiger partial charge in [-0.3, -0.25) is 0 Å². The van der Waals surface area contributed by atoms with Crippen LogP contribution in [0.5, 0.6) is 0 Å². The Bertz CT molecular complexity index is 742. The Morgan fingerprint density at radius 1 is 1.33 bits per heavy atom. The number of benzene rings is 1. The lowest BCUT2D eigenvalue weighted by Gasteiger charge is -2.21. The Balaban J connectivity index is 2.57. The van der Waals surface area contributed by atoms with Gasteiger partial charge in [-0.1, -0.05) is 17.3 Å². The molecule has 0 aliphatic carbocycles. The second-order valence-corrected chi connectivity index (χ2v) is 6.22. The van der Waals surface area contributed by atoms with Crippen LogP contribution >= 0.6 is 0 Å². The zero-order chi connectivity index (χ0) is 15.6. The van der Waals surface area contributed by atoms with Crippen molar-refractivity contribution >= 4 is 15.8 Å². The third-order valence-corrected chi connectivity index (χ3v) is 4.77. The van der Waals surface area contributed by atoms with Gasteiger partial charge in [0.2, 0.25) is 0 Å². The molecule has 2 rings (SSSR count). The molecule has 8 heteroatoms. The summed E-state index contributed by atoms with van der Waals surface area (Å²) in [6.45, 7) is 3.02. The van der Waals surface area contributed by atoms with Crippen LogP contribution in [0.2, 0.25) is 0 Å². The number of aryl methyl sites for hydroxylation is 1. The van der Waals surface area contributed by atoms with E-state index in [0.717, 1.165) is 10.4 Å². The predicted molar refractivity (Wildman–Crippen MR) is 73.9 cm³/mol. The summed E-state index contributed by atoms with van der Waals surface area (Å²) in [7, 11) is -2.81. The Kier molecular flexibility index (Phi) is 4.29. The fourth-order valence-corrected chi connectivity index (χ4v) is 3.22. The molecule has 0 saturated heterocycles. The molecule has 1 heterocycles. The van der Waals surface area contributed by atoms with Crippen LogP contribution in [0.25, 0.3) is 0 Å². The molecule has 0 radical (unpaired) electrons. The molecule has 0 atom stereocenters. The molecule has 114 valence electrons. The number of hydrogen-bond donors (Lipinski definition) is 0. The number of hydrogen-bond acceptors (Lipinski definition) is 5. The summed E-state index contributed by atoms with van der Waals surface area (Å²) in [5, 5.41) is 3.73. The van der Waals surface area contributed by atoms with Gasteiger partial charge < -0.3 is 9.26 Å². The molecule has 0 fully saturated rings. The van der Waals surface area contributed by atoms with E-state index in [1.807, 2.05) is 0 Å². The van der Waals surface area contributed by atoms with Crippen molar-refractivity contribution in [3.05, 3.63) is 41.4 Å². The van der Waals surface area contributed by atoms with Crippen molar-refractivity contribution < 1.29 is 22.1 Å². The largest absolute Gasteiger partial charge is 0.363 e. The molecule has 0 aliphatic rings.